The highest BCUT2D eigenvalue weighted by atomic mass is 16.2. The number of carbonyl (C=O) groups excluding carboxylic acids is 3. The lowest BCUT2D eigenvalue weighted by atomic mass is 10.1. The molecule has 0 radical (unpaired) electrons. The normalized spacial score (nSPS) is 17.7. The van der Waals surface area contributed by atoms with E-state index >= 15 is 0 Å². The zero-order chi connectivity index (χ0) is 16.6. The predicted molar refractivity (Wildman–Crippen MR) is 83.0 cm³/mol. The van der Waals surface area contributed by atoms with E-state index in [1.165, 1.54) is 11.8 Å². The predicted octanol–water partition coefficient (Wildman–Crippen LogP) is 1.53. The van der Waals surface area contributed by atoms with Gasteiger partial charge in [-0.05, 0) is 39.2 Å². The van der Waals surface area contributed by atoms with Crippen LogP contribution < -0.4 is 0 Å². The third-order valence-corrected chi connectivity index (χ3v) is 4.24. The minimum atomic E-state index is -0.411. The zero-order valence-corrected chi connectivity index (χ0v) is 13.8. The first kappa shape index (κ1) is 16.3. The Morgan fingerprint density at radius 2 is 1.86 bits per heavy atom. The number of hydrogen-bond donors (Lipinski definition) is 1. The van der Waals surface area contributed by atoms with E-state index in [1.807, 2.05) is 0 Å². The highest BCUT2D eigenvalue weighted by molar-refractivity contribution is 6.03. The lowest BCUT2D eigenvalue weighted by Crippen LogP contribution is -2.45. The number of carbonyl (C=O) groups is 3. The second-order valence-electron chi connectivity index (χ2n) is 6.07. The molecular weight excluding hydrogens is 282 g/mol. The number of H-pyrrole nitrogens is 1. The number of amides is 2. The number of likely N-dealkylation sites (tertiary alicyclic amines) is 1. The molecule has 6 nitrogen and oxygen atoms in total. The Bertz CT molecular complexity index is 631. The van der Waals surface area contributed by atoms with Crippen LogP contribution in [0, 0.1) is 13.8 Å². The summed E-state index contributed by atoms with van der Waals surface area (Å²) >= 11 is 0. The van der Waals surface area contributed by atoms with E-state index in [0.29, 0.717) is 35.5 Å². The fraction of sp³-hybridized carbons (Fsp3) is 0.562. The highest BCUT2D eigenvalue weighted by Gasteiger charge is 2.36. The van der Waals surface area contributed by atoms with Crippen LogP contribution in [0.5, 0.6) is 0 Å². The summed E-state index contributed by atoms with van der Waals surface area (Å²) in [5, 5.41) is 0. The number of likely N-dealkylation sites (N-methyl/N-ethyl adjacent to an activating group) is 1. The molecule has 1 aliphatic heterocycles. The summed E-state index contributed by atoms with van der Waals surface area (Å²) in [4.78, 5) is 42.9. The van der Waals surface area contributed by atoms with Crippen molar-refractivity contribution in [2.75, 3.05) is 20.6 Å². The fourth-order valence-corrected chi connectivity index (χ4v) is 3.20. The lowest BCUT2D eigenvalue weighted by molar-refractivity contribution is -0.132. The number of nitrogens with one attached hydrogen (secondary N) is 1. The van der Waals surface area contributed by atoms with E-state index < -0.39 is 6.04 Å². The van der Waals surface area contributed by atoms with Crippen LogP contribution in [-0.2, 0) is 4.79 Å². The van der Waals surface area contributed by atoms with Gasteiger partial charge in [0, 0.05) is 31.9 Å². The molecule has 22 heavy (non-hydrogen) atoms. The van der Waals surface area contributed by atoms with Crippen molar-refractivity contribution in [1.29, 1.82) is 0 Å². The number of aromatic amines is 1. The maximum atomic E-state index is 12.8. The molecule has 6 heteroatoms. The SMILES string of the molecule is CC(=O)c1c(C)[nH]c(C(=O)N2CCCC2C(=O)N(C)C)c1C. The Balaban J connectivity index is 2.34. The van der Waals surface area contributed by atoms with E-state index in [2.05, 4.69) is 4.98 Å². The minimum Gasteiger partial charge on any atom is -0.354 e. The van der Waals surface area contributed by atoms with Crippen molar-refractivity contribution < 1.29 is 14.4 Å². The van der Waals surface area contributed by atoms with Crippen LogP contribution in [0.3, 0.4) is 0 Å². The Labute approximate surface area is 130 Å². The van der Waals surface area contributed by atoms with Gasteiger partial charge in [-0.15, -0.1) is 0 Å². The molecule has 0 aromatic carbocycles. The van der Waals surface area contributed by atoms with Crippen LogP contribution in [0.15, 0.2) is 0 Å². The maximum Gasteiger partial charge on any atom is 0.271 e. The smallest absolute Gasteiger partial charge is 0.271 e. The average molecular weight is 305 g/mol. The number of nitrogens with zero attached hydrogens (tertiary/aromatic N) is 2. The van der Waals surface area contributed by atoms with Gasteiger partial charge >= 0.3 is 0 Å². The van der Waals surface area contributed by atoms with E-state index in [4.69, 9.17) is 0 Å². The Morgan fingerprint density at radius 3 is 2.36 bits per heavy atom. The largest absolute Gasteiger partial charge is 0.354 e. The topological polar surface area (TPSA) is 73.5 Å². The first-order valence-corrected chi connectivity index (χ1v) is 7.48. The Morgan fingerprint density at radius 1 is 1.23 bits per heavy atom. The van der Waals surface area contributed by atoms with E-state index in [1.54, 1.807) is 32.8 Å². The van der Waals surface area contributed by atoms with Gasteiger partial charge in [0.1, 0.15) is 11.7 Å². The van der Waals surface area contributed by atoms with E-state index in [9.17, 15) is 14.4 Å². The standard InChI is InChI=1S/C16H23N3O3/c1-9-13(11(3)20)10(2)17-14(9)16(22)19-8-6-7-12(19)15(21)18(4)5/h12,17H,6-8H2,1-5H3. The molecule has 1 aliphatic rings. The highest BCUT2D eigenvalue weighted by Crippen LogP contribution is 2.25. The van der Waals surface area contributed by atoms with Crippen molar-refractivity contribution in [3.63, 3.8) is 0 Å². The lowest BCUT2D eigenvalue weighted by Gasteiger charge is -2.26. The Kier molecular flexibility index (Phi) is 4.39. The van der Waals surface area contributed by atoms with Gasteiger partial charge in [-0.25, -0.2) is 0 Å². The molecule has 0 spiro atoms. The van der Waals surface area contributed by atoms with Gasteiger partial charge in [0.2, 0.25) is 5.91 Å². The first-order valence-electron chi connectivity index (χ1n) is 7.48. The molecule has 2 amide bonds. The monoisotopic (exact) mass is 305 g/mol. The van der Waals surface area contributed by atoms with Crippen molar-refractivity contribution in [3.8, 4) is 0 Å². The molecule has 1 N–H and O–H groups in total. The molecule has 2 rings (SSSR count). The summed E-state index contributed by atoms with van der Waals surface area (Å²) < 4.78 is 0. The minimum absolute atomic E-state index is 0.0569. The maximum absolute atomic E-state index is 12.8. The number of hydrogen-bond acceptors (Lipinski definition) is 3. The number of aromatic nitrogens is 1. The van der Waals surface area contributed by atoms with Gasteiger partial charge < -0.3 is 14.8 Å². The number of aryl methyl sites for hydroxylation is 1. The second kappa shape index (κ2) is 5.94. The van der Waals surface area contributed by atoms with Crippen molar-refractivity contribution in [2.24, 2.45) is 0 Å². The van der Waals surface area contributed by atoms with Gasteiger partial charge in [-0.3, -0.25) is 14.4 Å². The molecule has 0 bridgehead atoms. The van der Waals surface area contributed by atoms with Crippen molar-refractivity contribution >= 4 is 17.6 Å². The van der Waals surface area contributed by atoms with Crippen molar-refractivity contribution in [3.05, 3.63) is 22.5 Å². The number of Topliss-reactive ketones (excluding diaryl/α,β-unsaturated/α-hetero) is 1. The summed E-state index contributed by atoms with van der Waals surface area (Å²) in [6.45, 7) is 5.61. The van der Waals surface area contributed by atoms with Gasteiger partial charge in [0.05, 0.1) is 0 Å². The van der Waals surface area contributed by atoms with E-state index in [0.717, 1.165) is 6.42 Å². The van der Waals surface area contributed by atoms with Crippen LogP contribution in [0.25, 0.3) is 0 Å². The molecule has 1 aromatic rings. The van der Waals surface area contributed by atoms with Crippen LogP contribution in [0.4, 0.5) is 0 Å². The molecule has 1 fully saturated rings. The first-order chi connectivity index (χ1) is 10.3. The molecule has 120 valence electrons. The molecule has 1 aromatic heterocycles. The third-order valence-electron chi connectivity index (χ3n) is 4.24. The molecular formula is C16H23N3O3. The van der Waals surface area contributed by atoms with Crippen LogP contribution >= 0.6 is 0 Å². The molecule has 1 unspecified atom stereocenters. The quantitative estimate of drug-likeness (QED) is 0.861. The van der Waals surface area contributed by atoms with E-state index in [-0.39, 0.29) is 17.6 Å². The number of ketones is 1. The molecule has 2 heterocycles. The summed E-state index contributed by atoms with van der Waals surface area (Å²) in [7, 11) is 3.39. The molecule has 0 saturated carbocycles. The van der Waals surface area contributed by atoms with Gasteiger partial charge in [0.25, 0.3) is 5.91 Å². The van der Waals surface area contributed by atoms with Gasteiger partial charge in [-0.2, -0.15) is 0 Å². The number of rotatable bonds is 3. The van der Waals surface area contributed by atoms with Gasteiger partial charge in [-0.1, -0.05) is 0 Å². The zero-order valence-electron chi connectivity index (χ0n) is 13.8. The molecule has 1 saturated heterocycles. The third kappa shape index (κ3) is 2.65. The summed E-state index contributed by atoms with van der Waals surface area (Å²) in [6, 6.07) is -0.411. The van der Waals surface area contributed by atoms with Crippen LogP contribution in [0.1, 0.15) is 51.9 Å². The van der Waals surface area contributed by atoms with Crippen molar-refractivity contribution in [1.82, 2.24) is 14.8 Å². The fourth-order valence-electron chi connectivity index (χ4n) is 3.20. The molecule has 0 aliphatic carbocycles. The second-order valence-corrected chi connectivity index (χ2v) is 6.07. The Hall–Kier alpha value is -2.11. The van der Waals surface area contributed by atoms with Crippen molar-refractivity contribution in [2.45, 2.75) is 39.7 Å². The summed E-state index contributed by atoms with van der Waals surface area (Å²) in [5.41, 5.74) is 2.35. The van der Waals surface area contributed by atoms with Gasteiger partial charge in [0.15, 0.2) is 5.78 Å². The average Bonchev–Trinajstić information content (AvgIpc) is 3.01. The molecule has 1 atom stereocenters. The summed E-state index contributed by atoms with van der Waals surface area (Å²) in [6.07, 6.45) is 1.50. The van der Waals surface area contributed by atoms with Crippen LogP contribution in [0.2, 0.25) is 0 Å². The van der Waals surface area contributed by atoms with Crippen LogP contribution in [-0.4, -0.2) is 59.1 Å². The summed E-state index contributed by atoms with van der Waals surface area (Å²) in [5.74, 6) is -0.322.